The summed E-state index contributed by atoms with van der Waals surface area (Å²) in [6, 6.07) is 7.15. The van der Waals surface area contributed by atoms with Gasteiger partial charge >= 0.3 is 0 Å². The van der Waals surface area contributed by atoms with E-state index in [2.05, 4.69) is 13.8 Å². The maximum Gasteiger partial charge on any atom is 0.253 e. The Morgan fingerprint density at radius 3 is 2.34 bits per heavy atom. The van der Waals surface area contributed by atoms with Crippen LogP contribution in [0.4, 0.5) is 0 Å². The minimum Gasteiger partial charge on any atom is -0.378 e. The van der Waals surface area contributed by atoms with Crippen molar-refractivity contribution in [3.05, 3.63) is 35.4 Å². The molecule has 6 nitrogen and oxygen atoms in total. The van der Waals surface area contributed by atoms with Crippen LogP contribution in [0.5, 0.6) is 0 Å². The monoisotopic (exact) mass is 425 g/mol. The standard InChI is InChI=1S/C22H35N3O3.ClH/c1-3-12-24(13-4-2)21(26)18-7-5-8-19(17-18)22(27)25-14-9-20(10-15-25)28-16-6-11-23;/h5,7-8,17,20H,3-4,6,9-16,23H2,1-2H3;1H. The molecule has 1 fully saturated rings. The van der Waals surface area contributed by atoms with E-state index in [9.17, 15) is 9.59 Å². The van der Waals surface area contributed by atoms with Crippen LogP contribution >= 0.6 is 12.4 Å². The van der Waals surface area contributed by atoms with Crippen LogP contribution in [0, 0.1) is 0 Å². The van der Waals surface area contributed by atoms with E-state index in [1.807, 2.05) is 9.80 Å². The van der Waals surface area contributed by atoms with E-state index in [4.69, 9.17) is 10.5 Å². The molecule has 1 heterocycles. The number of nitrogens with zero attached hydrogens (tertiary/aromatic N) is 2. The predicted molar refractivity (Wildman–Crippen MR) is 119 cm³/mol. The van der Waals surface area contributed by atoms with Crippen LogP contribution in [0.1, 0.15) is 66.7 Å². The van der Waals surface area contributed by atoms with Crippen molar-refractivity contribution in [1.82, 2.24) is 9.80 Å². The fraction of sp³-hybridized carbons (Fsp3) is 0.636. The van der Waals surface area contributed by atoms with E-state index in [1.165, 1.54) is 0 Å². The average molecular weight is 426 g/mol. The number of hydrogen-bond donors (Lipinski definition) is 1. The van der Waals surface area contributed by atoms with Gasteiger partial charge in [-0.15, -0.1) is 12.4 Å². The molecule has 1 aliphatic heterocycles. The van der Waals surface area contributed by atoms with Crippen LogP contribution in [0.25, 0.3) is 0 Å². The molecule has 2 rings (SSSR count). The normalized spacial score (nSPS) is 14.4. The minimum atomic E-state index is -0.00686. The fourth-order valence-corrected chi connectivity index (χ4v) is 3.56. The Hall–Kier alpha value is -1.63. The highest BCUT2D eigenvalue weighted by atomic mass is 35.5. The van der Waals surface area contributed by atoms with Gasteiger partial charge in [0.25, 0.3) is 11.8 Å². The molecule has 0 radical (unpaired) electrons. The van der Waals surface area contributed by atoms with Gasteiger partial charge in [0.05, 0.1) is 6.10 Å². The van der Waals surface area contributed by atoms with E-state index in [0.29, 0.717) is 37.4 Å². The highest BCUT2D eigenvalue weighted by Gasteiger charge is 2.25. The molecule has 0 unspecified atom stereocenters. The molecular weight excluding hydrogens is 390 g/mol. The molecule has 1 aromatic carbocycles. The minimum absolute atomic E-state index is 0. The number of amides is 2. The lowest BCUT2D eigenvalue weighted by Crippen LogP contribution is -2.41. The van der Waals surface area contributed by atoms with Crippen molar-refractivity contribution in [2.24, 2.45) is 5.73 Å². The van der Waals surface area contributed by atoms with Crippen molar-refractivity contribution >= 4 is 24.2 Å². The van der Waals surface area contributed by atoms with E-state index in [0.717, 1.165) is 45.2 Å². The Morgan fingerprint density at radius 1 is 1.14 bits per heavy atom. The van der Waals surface area contributed by atoms with Crippen molar-refractivity contribution in [1.29, 1.82) is 0 Å². The first-order valence-electron chi connectivity index (χ1n) is 10.6. The Balaban J connectivity index is 0.00000420. The molecule has 2 N–H and O–H groups in total. The van der Waals surface area contributed by atoms with Gasteiger partial charge in [-0.1, -0.05) is 19.9 Å². The first-order chi connectivity index (χ1) is 13.6. The number of ether oxygens (including phenoxy) is 1. The van der Waals surface area contributed by atoms with Gasteiger partial charge in [-0.25, -0.2) is 0 Å². The second kappa shape index (κ2) is 13.6. The van der Waals surface area contributed by atoms with Crippen molar-refractivity contribution in [2.75, 3.05) is 39.3 Å². The first kappa shape index (κ1) is 25.4. The molecule has 1 aromatic rings. The van der Waals surface area contributed by atoms with Gasteiger partial charge < -0.3 is 20.3 Å². The third-order valence-electron chi connectivity index (χ3n) is 5.06. The van der Waals surface area contributed by atoms with E-state index < -0.39 is 0 Å². The lowest BCUT2D eigenvalue weighted by atomic mass is 10.0. The fourth-order valence-electron chi connectivity index (χ4n) is 3.56. The average Bonchev–Trinajstić information content (AvgIpc) is 2.73. The SMILES string of the molecule is CCCN(CCC)C(=O)c1cccc(C(=O)N2CCC(OCCCN)CC2)c1.Cl. The Kier molecular flexibility index (Phi) is 11.9. The molecule has 2 amide bonds. The number of hydrogen-bond acceptors (Lipinski definition) is 4. The summed E-state index contributed by atoms with van der Waals surface area (Å²) in [5.41, 5.74) is 6.67. The molecule has 0 aromatic heterocycles. The summed E-state index contributed by atoms with van der Waals surface area (Å²) in [4.78, 5) is 29.5. The Morgan fingerprint density at radius 2 is 1.76 bits per heavy atom. The molecule has 1 aliphatic rings. The number of likely N-dealkylation sites (tertiary alicyclic amines) is 1. The maximum atomic E-state index is 12.9. The van der Waals surface area contributed by atoms with Crippen LogP contribution in [-0.4, -0.2) is 67.0 Å². The van der Waals surface area contributed by atoms with E-state index in [1.54, 1.807) is 24.3 Å². The molecule has 0 saturated carbocycles. The number of carbonyl (C=O) groups excluding carboxylic acids is 2. The lowest BCUT2D eigenvalue weighted by molar-refractivity contribution is 0.00844. The van der Waals surface area contributed by atoms with Gasteiger partial charge in [0.2, 0.25) is 0 Å². The third-order valence-corrected chi connectivity index (χ3v) is 5.06. The van der Waals surface area contributed by atoms with Crippen LogP contribution in [0.15, 0.2) is 24.3 Å². The summed E-state index contributed by atoms with van der Waals surface area (Å²) in [7, 11) is 0. The summed E-state index contributed by atoms with van der Waals surface area (Å²) in [5.74, 6) is -0.00190. The molecule has 1 saturated heterocycles. The van der Waals surface area contributed by atoms with Gasteiger partial charge in [0.1, 0.15) is 0 Å². The number of carbonyl (C=O) groups is 2. The highest BCUT2D eigenvalue weighted by Crippen LogP contribution is 2.18. The molecule has 0 bridgehead atoms. The summed E-state index contributed by atoms with van der Waals surface area (Å²) in [6.07, 6.45) is 4.61. The molecule has 7 heteroatoms. The zero-order chi connectivity index (χ0) is 20.4. The van der Waals surface area contributed by atoms with Gasteiger partial charge in [-0.2, -0.15) is 0 Å². The predicted octanol–water partition coefficient (Wildman–Crippen LogP) is 3.34. The van der Waals surface area contributed by atoms with Gasteiger partial charge in [0, 0.05) is 43.9 Å². The third kappa shape index (κ3) is 7.61. The maximum absolute atomic E-state index is 12.9. The molecular formula is C22H36ClN3O3. The van der Waals surface area contributed by atoms with E-state index >= 15 is 0 Å². The number of benzene rings is 1. The second-order valence-corrected chi connectivity index (χ2v) is 7.38. The highest BCUT2D eigenvalue weighted by molar-refractivity contribution is 5.99. The molecule has 0 atom stereocenters. The van der Waals surface area contributed by atoms with Gasteiger partial charge in [0.15, 0.2) is 0 Å². The van der Waals surface area contributed by atoms with Crippen LogP contribution in [-0.2, 0) is 4.74 Å². The van der Waals surface area contributed by atoms with Crippen molar-refractivity contribution in [3.63, 3.8) is 0 Å². The molecule has 29 heavy (non-hydrogen) atoms. The smallest absolute Gasteiger partial charge is 0.253 e. The summed E-state index contributed by atoms with van der Waals surface area (Å²) < 4.78 is 5.81. The van der Waals surface area contributed by atoms with Crippen molar-refractivity contribution < 1.29 is 14.3 Å². The summed E-state index contributed by atoms with van der Waals surface area (Å²) in [5, 5.41) is 0. The summed E-state index contributed by atoms with van der Waals surface area (Å²) in [6.45, 7) is 8.30. The Labute approximate surface area is 181 Å². The number of halogens is 1. The lowest BCUT2D eigenvalue weighted by Gasteiger charge is -2.32. The quantitative estimate of drug-likeness (QED) is 0.583. The summed E-state index contributed by atoms with van der Waals surface area (Å²) >= 11 is 0. The number of rotatable bonds is 10. The second-order valence-electron chi connectivity index (χ2n) is 7.38. The number of nitrogens with two attached hydrogens (primary N) is 1. The van der Waals surface area contributed by atoms with E-state index in [-0.39, 0.29) is 30.3 Å². The van der Waals surface area contributed by atoms with Gasteiger partial charge in [-0.05, 0) is 56.8 Å². The molecule has 0 spiro atoms. The van der Waals surface area contributed by atoms with Gasteiger partial charge in [-0.3, -0.25) is 9.59 Å². The van der Waals surface area contributed by atoms with Crippen molar-refractivity contribution in [2.45, 2.75) is 52.1 Å². The Bertz CT molecular complexity index is 627. The van der Waals surface area contributed by atoms with Crippen molar-refractivity contribution in [3.8, 4) is 0 Å². The van der Waals surface area contributed by atoms with Crippen LogP contribution in [0.2, 0.25) is 0 Å². The molecule has 0 aliphatic carbocycles. The largest absolute Gasteiger partial charge is 0.378 e. The first-order valence-corrected chi connectivity index (χ1v) is 10.6. The van der Waals surface area contributed by atoms with Crippen LogP contribution < -0.4 is 5.73 Å². The molecule has 164 valence electrons. The zero-order valence-corrected chi connectivity index (χ0v) is 18.6. The number of piperidine rings is 1. The van der Waals surface area contributed by atoms with Crippen LogP contribution in [0.3, 0.4) is 0 Å². The zero-order valence-electron chi connectivity index (χ0n) is 17.8. The topological polar surface area (TPSA) is 75.9 Å².